The largest absolute Gasteiger partial charge is 0.379 e. The summed E-state index contributed by atoms with van der Waals surface area (Å²) in [5.74, 6) is 1.27. The van der Waals surface area contributed by atoms with E-state index < -0.39 is 0 Å². The molecule has 1 aliphatic rings. The zero-order valence-corrected chi connectivity index (χ0v) is 19.0. The summed E-state index contributed by atoms with van der Waals surface area (Å²) in [4.78, 5) is 6.74. The number of benzene rings is 2. The highest BCUT2D eigenvalue weighted by Gasteiger charge is 2.18. The van der Waals surface area contributed by atoms with Crippen LogP contribution in [-0.4, -0.2) is 62.7 Å². The molecule has 1 aliphatic heterocycles. The van der Waals surface area contributed by atoms with E-state index in [9.17, 15) is 8.78 Å². The number of rotatable bonds is 8. The lowest BCUT2D eigenvalue weighted by Gasteiger charge is -2.27. The van der Waals surface area contributed by atoms with E-state index in [1.54, 1.807) is 24.3 Å². The summed E-state index contributed by atoms with van der Waals surface area (Å²) in [7, 11) is 0. The van der Waals surface area contributed by atoms with E-state index >= 15 is 0 Å². The maximum absolute atomic E-state index is 13.4. The van der Waals surface area contributed by atoms with Crippen molar-refractivity contribution in [2.45, 2.75) is 17.5 Å². The first kappa shape index (κ1) is 22.6. The minimum absolute atomic E-state index is 0.300. The van der Waals surface area contributed by atoms with E-state index in [4.69, 9.17) is 9.26 Å². The molecule has 3 heterocycles. The highest BCUT2D eigenvalue weighted by molar-refractivity contribution is 7.98. The molecule has 11 heteroatoms. The number of hydrogen-bond donors (Lipinski definition) is 0. The van der Waals surface area contributed by atoms with Gasteiger partial charge >= 0.3 is 0 Å². The fraction of sp³-hybridized carbons (Fsp3) is 0.304. The Morgan fingerprint density at radius 1 is 0.853 bits per heavy atom. The van der Waals surface area contributed by atoms with Crippen molar-refractivity contribution in [3.63, 3.8) is 0 Å². The molecule has 1 saturated heterocycles. The minimum Gasteiger partial charge on any atom is -0.379 e. The highest BCUT2D eigenvalue weighted by Crippen LogP contribution is 2.27. The third-order valence-corrected chi connectivity index (χ3v) is 6.41. The summed E-state index contributed by atoms with van der Waals surface area (Å²) in [5, 5.41) is 13.4. The second kappa shape index (κ2) is 10.4. The lowest BCUT2D eigenvalue weighted by Crippen LogP contribution is -2.38. The second-order valence-electron chi connectivity index (χ2n) is 7.73. The predicted octanol–water partition coefficient (Wildman–Crippen LogP) is 3.90. The molecule has 1 fully saturated rings. The van der Waals surface area contributed by atoms with Crippen molar-refractivity contribution < 1.29 is 18.0 Å². The van der Waals surface area contributed by atoms with Gasteiger partial charge in [0.2, 0.25) is 11.7 Å². The molecule has 0 spiro atoms. The first-order valence-electron chi connectivity index (χ1n) is 10.9. The van der Waals surface area contributed by atoms with Crippen LogP contribution in [0, 0.1) is 11.6 Å². The van der Waals surface area contributed by atoms with Gasteiger partial charge < -0.3 is 13.8 Å². The molecule has 0 saturated carbocycles. The second-order valence-corrected chi connectivity index (χ2v) is 8.67. The number of hydrogen-bond acceptors (Lipinski definition) is 8. The van der Waals surface area contributed by atoms with E-state index in [-0.39, 0.29) is 11.6 Å². The summed E-state index contributed by atoms with van der Waals surface area (Å²) in [6, 6.07) is 12.2. The normalized spacial score (nSPS) is 14.5. The maximum atomic E-state index is 13.4. The van der Waals surface area contributed by atoms with Crippen LogP contribution in [0.15, 0.2) is 58.2 Å². The zero-order valence-electron chi connectivity index (χ0n) is 18.2. The number of nitrogens with zero attached hydrogens (tertiary/aromatic N) is 6. The number of morpholine rings is 1. The smallest absolute Gasteiger partial charge is 0.237 e. The zero-order chi connectivity index (χ0) is 23.3. The Morgan fingerprint density at radius 3 is 2.24 bits per heavy atom. The van der Waals surface area contributed by atoms with E-state index in [2.05, 4.69) is 25.2 Å². The van der Waals surface area contributed by atoms with E-state index in [0.717, 1.165) is 38.4 Å². The topological polar surface area (TPSA) is 82.1 Å². The summed E-state index contributed by atoms with van der Waals surface area (Å²) >= 11 is 1.43. The molecule has 0 N–H and O–H groups in total. The summed E-state index contributed by atoms with van der Waals surface area (Å²) in [5.41, 5.74) is 1.47. The van der Waals surface area contributed by atoms with Gasteiger partial charge in [-0.25, -0.2) is 8.78 Å². The van der Waals surface area contributed by atoms with Crippen molar-refractivity contribution in [2.75, 3.05) is 32.8 Å². The third kappa shape index (κ3) is 5.32. The Bertz CT molecular complexity index is 1220. The first-order valence-corrected chi connectivity index (χ1v) is 11.8. The van der Waals surface area contributed by atoms with Crippen molar-refractivity contribution in [1.29, 1.82) is 0 Å². The monoisotopic (exact) mass is 484 g/mol. The van der Waals surface area contributed by atoms with Crippen LogP contribution in [0.2, 0.25) is 0 Å². The highest BCUT2D eigenvalue weighted by atomic mass is 32.2. The third-order valence-electron chi connectivity index (χ3n) is 5.46. The van der Waals surface area contributed by atoms with E-state index in [0.29, 0.717) is 40.6 Å². The van der Waals surface area contributed by atoms with Gasteiger partial charge in [0.15, 0.2) is 11.0 Å². The molecule has 5 rings (SSSR count). The fourth-order valence-corrected chi connectivity index (χ4v) is 4.43. The van der Waals surface area contributed by atoms with Gasteiger partial charge in [-0.3, -0.25) is 4.90 Å². The number of thioether (sulfide) groups is 1. The molecule has 0 aliphatic carbocycles. The van der Waals surface area contributed by atoms with Crippen LogP contribution in [0.4, 0.5) is 8.78 Å². The van der Waals surface area contributed by atoms with Gasteiger partial charge in [0.25, 0.3) is 0 Å². The molecule has 0 amide bonds. The first-order chi connectivity index (χ1) is 16.7. The lowest BCUT2D eigenvalue weighted by atomic mass is 10.2. The Labute approximate surface area is 198 Å². The van der Waals surface area contributed by atoms with Gasteiger partial charge in [-0.2, -0.15) is 4.98 Å². The molecule has 0 atom stereocenters. The SMILES string of the molecule is Fc1ccc(-c2noc(CSc3nnc(-c4ccc(F)cc4)n3CCN3CCOCC3)n2)cc1. The Balaban J connectivity index is 1.33. The molecule has 0 bridgehead atoms. The maximum Gasteiger partial charge on any atom is 0.237 e. The van der Waals surface area contributed by atoms with Crippen molar-refractivity contribution in [3.8, 4) is 22.8 Å². The van der Waals surface area contributed by atoms with Gasteiger partial charge in [-0.05, 0) is 48.5 Å². The molecular formula is C23H22F2N6O2S. The molecule has 0 radical (unpaired) electrons. The molecule has 34 heavy (non-hydrogen) atoms. The summed E-state index contributed by atoms with van der Waals surface area (Å²) in [6.45, 7) is 4.70. The summed E-state index contributed by atoms with van der Waals surface area (Å²) in [6.07, 6.45) is 0. The quantitative estimate of drug-likeness (QED) is 0.349. The molecule has 2 aromatic heterocycles. The van der Waals surface area contributed by atoms with Crippen LogP contribution >= 0.6 is 11.8 Å². The Hall–Kier alpha value is -3.15. The van der Waals surface area contributed by atoms with Crippen LogP contribution in [0.25, 0.3) is 22.8 Å². The van der Waals surface area contributed by atoms with Gasteiger partial charge in [0.1, 0.15) is 11.6 Å². The standard InChI is InChI=1S/C23H22F2N6O2S/c24-18-5-1-16(2-6-18)21-26-20(33-29-21)15-34-23-28-27-22(17-3-7-19(25)8-4-17)31(23)10-9-30-11-13-32-14-12-30/h1-8H,9-15H2. The Kier molecular flexibility index (Phi) is 6.93. The van der Waals surface area contributed by atoms with Crippen molar-refractivity contribution in [2.24, 2.45) is 0 Å². The molecule has 4 aromatic rings. The van der Waals surface area contributed by atoms with Crippen molar-refractivity contribution >= 4 is 11.8 Å². The number of aromatic nitrogens is 5. The molecule has 0 unspecified atom stereocenters. The predicted molar refractivity (Wildman–Crippen MR) is 122 cm³/mol. The van der Waals surface area contributed by atoms with Crippen LogP contribution in [0.5, 0.6) is 0 Å². The molecule has 2 aromatic carbocycles. The molecule has 176 valence electrons. The van der Waals surface area contributed by atoms with Gasteiger partial charge in [-0.1, -0.05) is 16.9 Å². The van der Waals surface area contributed by atoms with Crippen LogP contribution in [0.3, 0.4) is 0 Å². The van der Waals surface area contributed by atoms with Crippen molar-refractivity contribution in [3.05, 3.63) is 66.1 Å². The average Bonchev–Trinajstić information content (AvgIpc) is 3.50. The average molecular weight is 485 g/mol. The minimum atomic E-state index is -0.323. The van der Waals surface area contributed by atoms with Crippen LogP contribution < -0.4 is 0 Å². The summed E-state index contributed by atoms with van der Waals surface area (Å²) < 4.78 is 39.5. The van der Waals surface area contributed by atoms with Gasteiger partial charge in [0, 0.05) is 37.3 Å². The number of halogens is 2. The van der Waals surface area contributed by atoms with Gasteiger partial charge in [-0.15, -0.1) is 10.2 Å². The molecule has 8 nitrogen and oxygen atoms in total. The van der Waals surface area contributed by atoms with E-state index in [1.165, 1.54) is 36.0 Å². The lowest BCUT2D eigenvalue weighted by molar-refractivity contribution is 0.0361. The number of ether oxygens (including phenoxy) is 1. The Morgan fingerprint density at radius 2 is 1.53 bits per heavy atom. The van der Waals surface area contributed by atoms with Gasteiger partial charge in [0.05, 0.1) is 19.0 Å². The van der Waals surface area contributed by atoms with E-state index in [1.807, 2.05) is 4.57 Å². The fourth-order valence-electron chi connectivity index (χ4n) is 3.63. The van der Waals surface area contributed by atoms with Crippen LogP contribution in [0.1, 0.15) is 5.89 Å². The van der Waals surface area contributed by atoms with Crippen molar-refractivity contribution in [1.82, 2.24) is 29.8 Å². The molecular weight excluding hydrogens is 462 g/mol. The van der Waals surface area contributed by atoms with Crippen LogP contribution in [-0.2, 0) is 17.0 Å².